The summed E-state index contributed by atoms with van der Waals surface area (Å²) in [5.74, 6) is 0.399. The summed E-state index contributed by atoms with van der Waals surface area (Å²) in [6.45, 7) is 1.83. The molecule has 0 aliphatic rings. The van der Waals surface area contributed by atoms with Crippen molar-refractivity contribution in [3.63, 3.8) is 0 Å². The zero-order valence-electron chi connectivity index (χ0n) is 9.33. The first kappa shape index (κ1) is 12.4. The summed E-state index contributed by atoms with van der Waals surface area (Å²) >= 11 is 3.17. The summed E-state index contributed by atoms with van der Waals surface area (Å²) in [4.78, 5) is 18.1. The van der Waals surface area contributed by atoms with E-state index in [0.717, 1.165) is 5.56 Å². The summed E-state index contributed by atoms with van der Waals surface area (Å²) in [5, 5.41) is 10.9. The van der Waals surface area contributed by atoms with Crippen molar-refractivity contribution in [2.45, 2.75) is 6.92 Å². The van der Waals surface area contributed by atoms with E-state index in [1.807, 2.05) is 6.92 Å². The molecule has 0 saturated carbocycles. The van der Waals surface area contributed by atoms with E-state index in [-0.39, 0.29) is 17.3 Å². The number of hydrogen-bond acceptors (Lipinski definition) is 5. The lowest BCUT2D eigenvalue weighted by Gasteiger charge is -2.06. The molecule has 0 aliphatic heterocycles. The first-order valence-electron chi connectivity index (χ1n) is 4.96. The van der Waals surface area contributed by atoms with Crippen molar-refractivity contribution < 1.29 is 9.66 Å². The van der Waals surface area contributed by atoms with E-state index in [9.17, 15) is 10.1 Å². The maximum absolute atomic E-state index is 10.9. The van der Waals surface area contributed by atoms with E-state index < -0.39 is 4.92 Å². The van der Waals surface area contributed by atoms with Gasteiger partial charge in [-0.15, -0.1) is 0 Å². The van der Waals surface area contributed by atoms with E-state index in [4.69, 9.17) is 4.74 Å². The predicted octanol–water partition coefficient (Wildman–Crippen LogP) is 3.25. The normalized spacial score (nSPS) is 10.1. The van der Waals surface area contributed by atoms with Crippen LogP contribution in [0.5, 0.6) is 11.6 Å². The first-order chi connectivity index (χ1) is 8.56. The molecule has 0 N–H and O–H groups in total. The van der Waals surface area contributed by atoms with Crippen molar-refractivity contribution in [1.82, 2.24) is 9.97 Å². The largest absolute Gasteiger partial charge is 0.432 e. The Bertz CT molecular complexity index is 604. The molecular formula is C11H8BrN3O3. The number of halogens is 1. The summed E-state index contributed by atoms with van der Waals surface area (Å²) in [6, 6.07) is 6.18. The molecule has 6 nitrogen and oxygen atoms in total. The fourth-order valence-electron chi connectivity index (χ4n) is 1.34. The molecule has 0 saturated heterocycles. The third-order valence-electron chi connectivity index (χ3n) is 2.14. The minimum absolute atomic E-state index is 0.102. The van der Waals surface area contributed by atoms with Crippen LogP contribution in [0.25, 0.3) is 0 Å². The minimum atomic E-state index is -0.495. The van der Waals surface area contributed by atoms with Crippen molar-refractivity contribution in [3.8, 4) is 11.6 Å². The quantitative estimate of drug-likeness (QED) is 0.494. The lowest BCUT2D eigenvalue weighted by molar-refractivity contribution is -0.385. The Balaban J connectivity index is 2.39. The van der Waals surface area contributed by atoms with Gasteiger partial charge in [-0.1, -0.05) is 6.07 Å². The number of nitrogens with zero attached hydrogens (tertiary/aromatic N) is 3. The second-order valence-corrected chi connectivity index (χ2v) is 4.32. The fourth-order valence-corrected chi connectivity index (χ4v) is 1.63. The Labute approximate surface area is 111 Å². The second-order valence-electron chi connectivity index (χ2n) is 3.51. The lowest BCUT2D eigenvalue weighted by atomic mass is 10.2. The van der Waals surface area contributed by atoms with Crippen molar-refractivity contribution in [2.75, 3.05) is 0 Å². The number of benzene rings is 1. The Morgan fingerprint density at radius 3 is 2.78 bits per heavy atom. The van der Waals surface area contributed by atoms with Crippen molar-refractivity contribution in [3.05, 3.63) is 50.9 Å². The number of ether oxygens (including phenoxy) is 1. The predicted molar refractivity (Wildman–Crippen MR) is 67.6 cm³/mol. The van der Waals surface area contributed by atoms with Crippen molar-refractivity contribution >= 4 is 21.6 Å². The van der Waals surface area contributed by atoms with E-state index >= 15 is 0 Å². The number of nitro groups is 1. The molecule has 0 atom stereocenters. The van der Waals surface area contributed by atoms with Gasteiger partial charge in [0.1, 0.15) is 10.9 Å². The van der Waals surface area contributed by atoms with Gasteiger partial charge in [0.15, 0.2) is 0 Å². The lowest BCUT2D eigenvalue weighted by Crippen LogP contribution is -1.95. The molecule has 0 spiro atoms. The average molecular weight is 310 g/mol. The molecule has 0 aliphatic carbocycles. The van der Waals surface area contributed by atoms with Crippen molar-refractivity contribution in [2.24, 2.45) is 0 Å². The van der Waals surface area contributed by atoms with E-state index in [0.29, 0.717) is 4.60 Å². The number of aromatic nitrogens is 2. The van der Waals surface area contributed by atoms with Crippen LogP contribution in [-0.4, -0.2) is 14.9 Å². The van der Waals surface area contributed by atoms with Crippen LogP contribution in [0.4, 0.5) is 5.69 Å². The van der Waals surface area contributed by atoms with Gasteiger partial charge in [-0.25, -0.2) is 9.97 Å². The monoisotopic (exact) mass is 309 g/mol. The molecule has 2 rings (SSSR count). The minimum Gasteiger partial charge on any atom is -0.432 e. The summed E-state index contributed by atoms with van der Waals surface area (Å²) in [7, 11) is 0. The Kier molecular flexibility index (Phi) is 3.52. The van der Waals surface area contributed by atoms with Crippen LogP contribution in [0.15, 0.2) is 35.2 Å². The van der Waals surface area contributed by atoms with Crippen LogP contribution in [-0.2, 0) is 0 Å². The Morgan fingerprint density at radius 2 is 2.11 bits per heavy atom. The molecule has 18 heavy (non-hydrogen) atoms. The van der Waals surface area contributed by atoms with Gasteiger partial charge in [0.05, 0.1) is 4.92 Å². The average Bonchev–Trinajstić information content (AvgIpc) is 2.28. The molecule has 0 unspecified atom stereocenters. The third-order valence-corrected chi connectivity index (χ3v) is 2.57. The maximum atomic E-state index is 10.9. The van der Waals surface area contributed by atoms with Crippen LogP contribution >= 0.6 is 15.9 Å². The second kappa shape index (κ2) is 5.09. The molecule has 0 bridgehead atoms. The maximum Gasteiger partial charge on any atom is 0.311 e. The van der Waals surface area contributed by atoms with Gasteiger partial charge in [0, 0.05) is 12.1 Å². The summed E-state index contributed by atoms with van der Waals surface area (Å²) < 4.78 is 5.95. The van der Waals surface area contributed by atoms with E-state index in [1.165, 1.54) is 18.5 Å². The SMILES string of the molecule is Cc1ccc([N+](=O)[O-])c(Oc2cc(Br)ncn2)c1. The van der Waals surface area contributed by atoms with Gasteiger partial charge in [0.25, 0.3) is 0 Å². The topological polar surface area (TPSA) is 78.2 Å². The zero-order chi connectivity index (χ0) is 13.1. The van der Waals surface area contributed by atoms with Gasteiger partial charge in [-0.3, -0.25) is 10.1 Å². The van der Waals surface area contributed by atoms with Gasteiger partial charge in [-0.2, -0.15) is 0 Å². The highest BCUT2D eigenvalue weighted by molar-refractivity contribution is 9.10. The number of hydrogen-bond donors (Lipinski definition) is 0. The van der Waals surface area contributed by atoms with Crippen LogP contribution in [0.1, 0.15) is 5.56 Å². The molecular weight excluding hydrogens is 302 g/mol. The van der Waals surface area contributed by atoms with Crippen LogP contribution in [0.2, 0.25) is 0 Å². The molecule has 1 heterocycles. The zero-order valence-corrected chi connectivity index (χ0v) is 10.9. The number of rotatable bonds is 3. The third kappa shape index (κ3) is 2.80. The van der Waals surface area contributed by atoms with Crippen LogP contribution in [0, 0.1) is 17.0 Å². The van der Waals surface area contributed by atoms with Crippen molar-refractivity contribution in [1.29, 1.82) is 0 Å². The highest BCUT2D eigenvalue weighted by atomic mass is 79.9. The molecule has 1 aromatic heterocycles. The standard InChI is InChI=1S/C11H8BrN3O3/c1-7-2-3-8(15(16)17)9(4-7)18-11-5-10(12)13-6-14-11/h2-6H,1H3. The molecule has 0 radical (unpaired) electrons. The van der Waals surface area contributed by atoms with E-state index in [1.54, 1.807) is 12.1 Å². The Hall–Kier alpha value is -2.02. The van der Waals surface area contributed by atoms with Crippen LogP contribution < -0.4 is 4.74 Å². The van der Waals surface area contributed by atoms with Gasteiger partial charge in [-0.05, 0) is 34.5 Å². The van der Waals surface area contributed by atoms with Gasteiger partial charge < -0.3 is 4.74 Å². The van der Waals surface area contributed by atoms with Gasteiger partial charge >= 0.3 is 5.69 Å². The molecule has 2 aromatic rings. The van der Waals surface area contributed by atoms with E-state index in [2.05, 4.69) is 25.9 Å². The summed E-state index contributed by atoms with van der Waals surface area (Å²) in [5.41, 5.74) is 0.763. The Morgan fingerprint density at radius 1 is 1.33 bits per heavy atom. The van der Waals surface area contributed by atoms with Gasteiger partial charge in [0.2, 0.25) is 11.6 Å². The molecule has 1 aromatic carbocycles. The highest BCUT2D eigenvalue weighted by Gasteiger charge is 2.16. The molecule has 7 heteroatoms. The smallest absolute Gasteiger partial charge is 0.311 e. The highest BCUT2D eigenvalue weighted by Crippen LogP contribution is 2.31. The number of aryl methyl sites for hydroxylation is 1. The molecule has 0 fully saturated rings. The molecule has 92 valence electrons. The summed E-state index contributed by atoms with van der Waals surface area (Å²) in [6.07, 6.45) is 1.31. The van der Waals surface area contributed by atoms with Crippen LogP contribution in [0.3, 0.4) is 0 Å². The number of nitro benzene ring substituents is 1. The first-order valence-corrected chi connectivity index (χ1v) is 5.76. The fraction of sp³-hybridized carbons (Fsp3) is 0.0909. The molecule has 0 amide bonds.